The van der Waals surface area contributed by atoms with E-state index in [1.165, 1.54) is 97.9 Å². The fourth-order valence-electron chi connectivity index (χ4n) is 5.04. The number of carboxylic acid groups (broad SMARTS) is 1. The average molecular weight is 741 g/mol. The molecular formula is C31H49N10O5S3-. The fraction of sp³-hybridized carbons (Fsp3) is 0.677. The zero-order valence-electron chi connectivity index (χ0n) is 29.1. The van der Waals surface area contributed by atoms with Crippen LogP contribution in [0.2, 0.25) is 0 Å². The molecule has 18 heteroatoms. The molecule has 1 saturated heterocycles. The van der Waals surface area contributed by atoms with Gasteiger partial charge in [-0.05, 0) is 69.0 Å². The number of hydrogen-bond acceptors (Lipinski definition) is 14. The number of nitrogens with zero attached hydrogens (tertiary/aromatic N) is 8. The predicted octanol–water partition coefficient (Wildman–Crippen LogP) is 1.69. The van der Waals surface area contributed by atoms with E-state index in [9.17, 15) is 24.3 Å². The number of carbonyl (C=O) groups is 4. The molecule has 2 aromatic rings. The van der Waals surface area contributed by atoms with E-state index in [1.54, 1.807) is 10.1 Å². The molecule has 3 amide bonds. The fourth-order valence-corrected chi connectivity index (χ4v) is 8.10. The molecule has 4 heterocycles. The second kappa shape index (κ2) is 21.2. The predicted molar refractivity (Wildman–Crippen MR) is 191 cm³/mol. The number of β-lactam (4-membered cyclic amide) rings is 1. The number of nitrogens with one attached hydrogen (secondary N) is 2. The van der Waals surface area contributed by atoms with Crippen molar-refractivity contribution in [2.24, 2.45) is 0 Å². The molecule has 15 nitrogen and oxygen atoms in total. The lowest BCUT2D eigenvalue weighted by atomic mass is 10.1. The van der Waals surface area contributed by atoms with Gasteiger partial charge in [-0.1, -0.05) is 51.8 Å². The highest BCUT2D eigenvalue weighted by molar-refractivity contribution is 8.01. The summed E-state index contributed by atoms with van der Waals surface area (Å²) in [6.07, 6.45) is 8.51. The molecule has 2 atom stereocenters. The van der Waals surface area contributed by atoms with Crippen LogP contribution in [-0.2, 0) is 32.1 Å². The Bertz CT molecular complexity index is 1380. The van der Waals surface area contributed by atoms with Gasteiger partial charge in [0, 0.05) is 23.4 Å². The van der Waals surface area contributed by atoms with E-state index >= 15 is 0 Å². The van der Waals surface area contributed by atoms with E-state index in [-0.39, 0.29) is 17.9 Å². The molecule has 0 bridgehead atoms. The first-order valence-corrected chi connectivity index (χ1v) is 19.6. The van der Waals surface area contributed by atoms with Crippen LogP contribution in [0.25, 0.3) is 0 Å². The van der Waals surface area contributed by atoms with Crippen LogP contribution in [0, 0.1) is 0 Å². The molecule has 49 heavy (non-hydrogen) atoms. The Kier molecular flexibility index (Phi) is 17.5. The Morgan fingerprint density at radius 2 is 1.78 bits per heavy atom. The average Bonchev–Trinajstić information content (AvgIpc) is 3.73. The number of aliphatic carboxylic acids is 1. The molecule has 0 radical (unpaired) electrons. The number of unbranched alkanes of at least 4 members (excludes halogenated alkanes) is 3. The number of amides is 3. The van der Waals surface area contributed by atoms with Crippen LogP contribution in [0.1, 0.15) is 65.0 Å². The van der Waals surface area contributed by atoms with Crippen molar-refractivity contribution in [1.29, 1.82) is 0 Å². The molecular weight excluding hydrogens is 692 g/mol. The minimum atomic E-state index is -1.45. The maximum atomic E-state index is 12.8. The maximum absolute atomic E-state index is 12.8. The molecule has 0 aromatic carbocycles. The largest absolute Gasteiger partial charge is 0.543 e. The van der Waals surface area contributed by atoms with Crippen molar-refractivity contribution in [3.63, 3.8) is 0 Å². The summed E-state index contributed by atoms with van der Waals surface area (Å²) >= 11 is 3.83. The number of carbonyl (C=O) groups excluding carboxylic acids is 4. The van der Waals surface area contributed by atoms with Crippen LogP contribution in [-0.4, -0.2) is 127 Å². The lowest BCUT2D eigenvalue weighted by Gasteiger charge is -2.50. The first-order valence-electron chi connectivity index (χ1n) is 16.7. The smallest absolute Gasteiger partial charge is 0.253 e. The summed E-state index contributed by atoms with van der Waals surface area (Å²) in [5.41, 5.74) is 0.807. The number of thioether (sulfide) groups is 2. The molecule has 4 rings (SSSR count). The number of tetrazole rings is 1. The zero-order valence-corrected chi connectivity index (χ0v) is 31.5. The molecule has 0 aliphatic carbocycles. The quantitative estimate of drug-likeness (QED) is 0.0621. The van der Waals surface area contributed by atoms with Crippen molar-refractivity contribution in [3.05, 3.63) is 22.3 Å². The van der Waals surface area contributed by atoms with Gasteiger partial charge in [-0.3, -0.25) is 19.3 Å². The van der Waals surface area contributed by atoms with Gasteiger partial charge >= 0.3 is 0 Å². The second-order valence-corrected chi connectivity index (χ2v) is 14.9. The highest BCUT2D eigenvalue weighted by atomic mass is 32.2. The van der Waals surface area contributed by atoms with Crippen LogP contribution in [0.5, 0.6) is 0 Å². The van der Waals surface area contributed by atoms with Gasteiger partial charge in [0.1, 0.15) is 11.4 Å². The number of fused-ring (bicyclic) bond motifs is 1. The van der Waals surface area contributed by atoms with Crippen molar-refractivity contribution in [3.8, 4) is 0 Å². The molecule has 2 aliphatic heterocycles. The van der Waals surface area contributed by atoms with E-state index in [1.807, 2.05) is 19.0 Å². The molecule has 0 unspecified atom stereocenters. The number of anilines is 1. The third-order valence-electron chi connectivity index (χ3n) is 7.75. The van der Waals surface area contributed by atoms with Gasteiger partial charge in [-0.25, -0.2) is 9.67 Å². The van der Waals surface area contributed by atoms with E-state index in [2.05, 4.69) is 56.8 Å². The van der Waals surface area contributed by atoms with Crippen molar-refractivity contribution in [2.75, 3.05) is 57.1 Å². The number of likely N-dealkylation sites (N-methyl/N-ethyl adjacent to an activating group) is 1. The number of rotatable bonds is 21. The van der Waals surface area contributed by atoms with Crippen molar-refractivity contribution in [2.45, 2.75) is 88.8 Å². The monoisotopic (exact) mass is 740 g/mol. The summed E-state index contributed by atoms with van der Waals surface area (Å²) in [5, 5.41) is 30.7. The Labute approximate surface area is 301 Å². The van der Waals surface area contributed by atoms with Gasteiger partial charge < -0.3 is 30.3 Å². The Hall–Kier alpha value is -3.06. The molecule has 2 aromatic heterocycles. The highest BCUT2D eigenvalue weighted by Gasteiger charge is 2.52. The normalized spacial score (nSPS) is 17.0. The van der Waals surface area contributed by atoms with Crippen LogP contribution in [0.3, 0.4) is 0 Å². The first-order chi connectivity index (χ1) is 23.6. The lowest BCUT2D eigenvalue weighted by Crippen LogP contribution is -2.71. The highest BCUT2D eigenvalue weighted by Crippen LogP contribution is 2.41. The van der Waals surface area contributed by atoms with E-state index in [4.69, 9.17) is 0 Å². The molecule has 2 N–H and O–H groups in total. The third-order valence-corrected chi connectivity index (χ3v) is 11.0. The van der Waals surface area contributed by atoms with Crippen molar-refractivity contribution < 1.29 is 24.3 Å². The molecule has 272 valence electrons. The molecule has 2 aliphatic rings. The summed E-state index contributed by atoms with van der Waals surface area (Å²) in [6.45, 7) is 12.1. The van der Waals surface area contributed by atoms with Gasteiger partial charge in [0.05, 0.1) is 30.3 Å². The zero-order chi connectivity index (χ0) is 35.8. The lowest BCUT2D eigenvalue weighted by molar-refractivity contribution is -0.301. The Morgan fingerprint density at radius 3 is 2.37 bits per heavy atom. The SMILES string of the molecule is CCCCN(CCCC)CCCC.CN(C)CCn1nnnc1SCC1=C([13C](=O)[O-])[15N]2C(=O)[C@@H]([15NH]C(=O)Cc3csc(NC=O)n3)[C@H]2SC1. The topological polar surface area (TPSA) is 182 Å². The molecule has 1 fully saturated rings. The molecule has 0 spiro atoms. The number of hydrogen-bond donors (Lipinski definition) is 2. The first kappa shape index (κ1) is 40.4. The maximum Gasteiger partial charge on any atom is 0.253 e. The van der Waals surface area contributed by atoms with E-state index in [0.29, 0.717) is 40.3 Å². The van der Waals surface area contributed by atoms with Gasteiger partial charge in [0.15, 0.2) is 5.13 Å². The summed E-state index contributed by atoms with van der Waals surface area (Å²) < 4.78 is 1.64. The summed E-state index contributed by atoms with van der Waals surface area (Å²) in [4.78, 5) is 57.7. The van der Waals surface area contributed by atoms with Crippen LogP contribution in [0.4, 0.5) is 5.13 Å². The van der Waals surface area contributed by atoms with Crippen molar-refractivity contribution >= 4 is 64.2 Å². The van der Waals surface area contributed by atoms with Crippen LogP contribution >= 0.6 is 34.9 Å². The van der Waals surface area contributed by atoms with Gasteiger partial charge in [0.2, 0.25) is 17.5 Å². The minimum Gasteiger partial charge on any atom is -0.543 e. The molecule has 0 saturated carbocycles. The number of thiazole rings is 1. The summed E-state index contributed by atoms with van der Waals surface area (Å²) in [6, 6.07) is -0.851. The number of carboxylic acids is 1. The van der Waals surface area contributed by atoms with E-state index in [0.717, 1.165) is 6.54 Å². The van der Waals surface area contributed by atoms with Crippen LogP contribution < -0.4 is 15.7 Å². The standard InChI is InChI=1S/C19H23N9O5S3.C12H27N/c1-26(2)3-4-27-19(23-24-25-27)36-7-10-6-34-16-13(15(31)28(16)14(10)17(32)33)22-12(30)5-11-8-35-18(21-11)20-9-29;1-4-7-10-13(11-8-5-2)12-9-6-3/h8-9,13,16H,3-7H2,1-2H3,(H,22,30)(H,32,33)(H,20,21,29);4-12H2,1-3H3/p-1/t13-,16-;/m1./s1/i17+1,22+1,28+1;. The summed E-state index contributed by atoms with van der Waals surface area (Å²) in [5.74, 6) is -1.77. The van der Waals surface area contributed by atoms with Gasteiger partial charge in [0.25, 0.3) is 5.91 Å². The Balaban J connectivity index is 0.000000425. The minimum absolute atomic E-state index is 0.0776. The van der Waals surface area contributed by atoms with Crippen molar-refractivity contribution in [1.82, 2.24) is 45.2 Å². The van der Waals surface area contributed by atoms with Crippen LogP contribution in [0.15, 0.2) is 21.8 Å². The van der Waals surface area contributed by atoms with E-state index < -0.39 is 29.2 Å². The van der Waals surface area contributed by atoms with Gasteiger partial charge in [-0.2, -0.15) is 0 Å². The van der Waals surface area contributed by atoms with Gasteiger partial charge in [-0.15, -0.1) is 28.2 Å². The third kappa shape index (κ3) is 12.3. The Morgan fingerprint density at radius 1 is 1.10 bits per heavy atom. The summed E-state index contributed by atoms with van der Waals surface area (Å²) in [7, 11) is 3.87. The second-order valence-electron chi connectivity index (χ2n) is 12.0. The number of aromatic nitrogens is 5.